The zero-order valence-electron chi connectivity index (χ0n) is 16.8. The van der Waals surface area contributed by atoms with Gasteiger partial charge in [0.25, 0.3) is 0 Å². The zero-order chi connectivity index (χ0) is 21.1. The second kappa shape index (κ2) is 8.17. The fourth-order valence-electron chi connectivity index (χ4n) is 3.46. The number of carbonyl (C=O) groups excluding carboxylic acids is 2. The number of benzene rings is 4. The number of nitrogens with one attached hydrogen (secondary N) is 2. The lowest BCUT2D eigenvalue weighted by atomic mass is 9.97. The van der Waals surface area contributed by atoms with Gasteiger partial charge < -0.3 is 5.32 Å². The third-order valence-electron chi connectivity index (χ3n) is 5.23. The van der Waals surface area contributed by atoms with Gasteiger partial charge in [-0.25, -0.2) is 5.43 Å². The summed E-state index contributed by atoms with van der Waals surface area (Å²) in [5, 5.41) is 10.9. The minimum absolute atomic E-state index is 0.610. The summed E-state index contributed by atoms with van der Waals surface area (Å²) in [6, 6.07) is 23.7. The molecule has 0 aromatic heterocycles. The van der Waals surface area contributed by atoms with E-state index < -0.39 is 11.8 Å². The first-order valence-electron chi connectivity index (χ1n) is 9.65. The van der Waals surface area contributed by atoms with Gasteiger partial charge in [-0.05, 0) is 58.7 Å². The van der Waals surface area contributed by atoms with Gasteiger partial charge >= 0.3 is 11.8 Å². The van der Waals surface area contributed by atoms with Crippen molar-refractivity contribution in [2.24, 2.45) is 5.10 Å². The van der Waals surface area contributed by atoms with Crippen LogP contribution in [0.1, 0.15) is 16.7 Å². The van der Waals surface area contributed by atoms with E-state index in [4.69, 9.17) is 0 Å². The number of nitrogens with zero attached hydrogens (tertiary/aromatic N) is 1. The van der Waals surface area contributed by atoms with E-state index in [1.165, 1.54) is 0 Å². The van der Waals surface area contributed by atoms with E-state index in [0.29, 0.717) is 5.69 Å². The maximum Gasteiger partial charge on any atom is 0.329 e. The number of fused-ring (bicyclic) bond motifs is 2. The molecule has 2 amide bonds. The highest BCUT2D eigenvalue weighted by Gasteiger charge is 2.14. The van der Waals surface area contributed by atoms with Crippen LogP contribution < -0.4 is 10.7 Å². The molecule has 0 heterocycles. The van der Waals surface area contributed by atoms with Crippen molar-refractivity contribution in [3.05, 3.63) is 89.5 Å². The molecule has 0 bridgehead atoms. The molecule has 0 aliphatic heterocycles. The summed E-state index contributed by atoms with van der Waals surface area (Å²) in [5.41, 5.74) is 5.79. The average Bonchev–Trinajstić information content (AvgIpc) is 2.76. The van der Waals surface area contributed by atoms with Crippen molar-refractivity contribution < 1.29 is 9.59 Å². The lowest BCUT2D eigenvalue weighted by molar-refractivity contribution is -0.136. The molecule has 30 heavy (non-hydrogen) atoms. The van der Waals surface area contributed by atoms with E-state index in [9.17, 15) is 9.59 Å². The van der Waals surface area contributed by atoms with Crippen LogP contribution in [-0.2, 0) is 9.59 Å². The summed E-state index contributed by atoms with van der Waals surface area (Å²) >= 11 is 0. The Bertz CT molecular complexity index is 1250. The quantitative estimate of drug-likeness (QED) is 0.228. The fourth-order valence-corrected chi connectivity index (χ4v) is 3.46. The predicted molar refractivity (Wildman–Crippen MR) is 122 cm³/mol. The predicted octanol–water partition coefficient (Wildman–Crippen LogP) is 4.70. The molecule has 5 heteroatoms. The van der Waals surface area contributed by atoms with E-state index in [2.05, 4.69) is 21.9 Å². The summed E-state index contributed by atoms with van der Waals surface area (Å²) in [6.07, 6.45) is 1.59. The van der Waals surface area contributed by atoms with Gasteiger partial charge in [0.2, 0.25) is 0 Å². The number of hydrogen-bond acceptors (Lipinski definition) is 3. The van der Waals surface area contributed by atoms with Crippen molar-refractivity contribution in [1.82, 2.24) is 5.43 Å². The first kappa shape index (κ1) is 19.3. The molecule has 0 radical (unpaired) electrons. The highest BCUT2D eigenvalue weighted by molar-refractivity contribution is 6.39. The van der Waals surface area contributed by atoms with Crippen LogP contribution in [-0.4, -0.2) is 18.0 Å². The van der Waals surface area contributed by atoms with Gasteiger partial charge in [-0.3, -0.25) is 9.59 Å². The normalized spacial score (nSPS) is 11.1. The van der Waals surface area contributed by atoms with Gasteiger partial charge in [0.05, 0.1) is 6.21 Å². The van der Waals surface area contributed by atoms with Crippen LogP contribution in [0.15, 0.2) is 77.9 Å². The Labute approximate surface area is 174 Å². The molecule has 5 nitrogen and oxygen atoms in total. The van der Waals surface area contributed by atoms with E-state index >= 15 is 0 Å². The molecule has 4 aromatic rings. The van der Waals surface area contributed by atoms with Crippen LogP contribution in [0, 0.1) is 13.8 Å². The van der Waals surface area contributed by atoms with Crippen molar-refractivity contribution in [1.29, 1.82) is 0 Å². The van der Waals surface area contributed by atoms with Gasteiger partial charge in [-0.2, -0.15) is 5.10 Å². The van der Waals surface area contributed by atoms with Crippen LogP contribution in [0.25, 0.3) is 21.5 Å². The molecular formula is C25H21N3O2. The fraction of sp³-hybridized carbons (Fsp3) is 0.0800. The lowest BCUT2D eigenvalue weighted by Crippen LogP contribution is -2.32. The van der Waals surface area contributed by atoms with E-state index in [-0.39, 0.29) is 0 Å². The van der Waals surface area contributed by atoms with Crippen LogP contribution >= 0.6 is 0 Å². The Morgan fingerprint density at radius 3 is 2.10 bits per heavy atom. The molecule has 0 spiro atoms. The van der Waals surface area contributed by atoms with Crippen LogP contribution in [0.2, 0.25) is 0 Å². The number of carbonyl (C=O) groups is 2. The summed E-state index contributed by atoms with van der Waals surface area (Å²) in [5.74, 6) is -1.58. The highest BCUT2D eigenvalue weighted by Crippen LogP contribution is 2.27. The Kier molecular flexibility index (Phi) is 5.26. The van der Waals surface area contributed by atoms with Crippen molar-refractivity contribution in [2.45, 2.75) is 13.8 Å². The molecule has 0 aliphatic rings. The first-order valence-corrected chi connectivity index (χ1v) is 9.65. The number of hydrazone groups is 1. The Hall–Kier alpha value is -3.99. The Morgan fingerprint density at radius 1 is 0.800 bits per heavy atom. The Balaban J connectivity index is 1.56. The topological polar surface area (TPSA) is 70.6 Å². The maximum atomic E-state index is 12.2. The first-order chi connectivity index (χ1) is 14.5. The van der Waals surface area contributed by atoms with Gasteiger partial charge in [0.15, 0.2) is 0 Å². The van der Waals surface area contributed by atoms with Crippen molar-refractivity contribution in [3.8, 4) is 0 Å². The molecule has 4 aromatic carbocycles. The second-order valence-corrected chi connectivity index (χ2v) is 7.13. The summed E-state index contributed by atoms with van der Waals surface area (Å²) in [4.78, 5) is 24.5. The lowest BCUT2D eigenvalue weighted by Gasteiger charge is -2.09. The molecule has 0 aliphatic carbocycles. The van der Waals surface area contributed by atoms with Crippen LogP contribution in [0.5, 0.6) is 0 Å². The molecule has 0 saturated carbocycles. The molecular weight excluding hydrogens is 374 g/mol. The minimum Gasteiger partial charge on any atom is -0.317 e. The third-order valence-corrected chi connectivity index (χ3v) is 5.23. The molecule has 0 saturated heterocycles. The zero-order valence-corrected chi connectivity index (χ0v) is 16.8. The van der Waals surface area contributed by atoms with E-state index in [1.807, 2.05) is 74.5 Å². The van der Waals surface area contributed by atoms with Crippen LogP contribution in [0.3, 0.4) is 0 Å². The number of hydrogen-bond donors (Lipinski definition) is 2. The van der Waals surface area contributed by atoms with Crippen molar-refractivity contribution >= 4 is 45.3 Å². The second-order valence-electron chi connectivity index (χ2n) is 7.13. The van der Waals surface area contributed by atoms with Crippen molar-refractivity contribution in [2.75, 3.05) is 5.32 Å². The smallest absolute Gasteiger partial charge is 0.317 e. The summed E-state index contributed by atoms with van der Waals surface area (Å²) in [6.45, 7) is 3.84. The number of anilines is 1. The summed E-state index contributed by atoms with van der Waals surface area (Å²) in [7, 11) is 0. The maximum absolute atomic E-state index is 12.2. The molecule has 4 rings (SSSR count). The van der Waals surface area contributed by atoms with Gasteiger partial charge in [-0.15, -0.1) is 0 Å². The molecule has 0 fully saturated rings. The molecule has 0 atom stereocenters. The van der Waals surface area contributed by atoms with Crippen molar-refractivity contribution in [3.63, 3.8) is 0 Å². The van der Waals surface area contributed by atoms with Crippen LogP contribution in [0.4, 0.5) is 5.69 Å². The summed E-state index contributed by atoms with van der Waals surface area (Å²) < 4.78 is 0. The van der Waals surface area contributed by atoms with E-state index in [0.717, 1.165) is 38.2 Å². The number of aryl methyl sites for hydroxylation is 1. The van der Waals surface area contributed by atoms with Gasteiger partial charge in [-0.1, -0.05) is 60.7 Å². The van der Waals surface area contributed by atoms with E-state index in [1.54, 1.807) is 12.3 Å². The van der Waals surface area contributed by atoms with Gasteiger partial charge in [0, 0.05) is 11.3 Å². The largest absolute Gasteiger partial charge is 0.329 e. The minimum atomic E-state index is -0.823. The Morgan fingerprint density at radius 2 is 1.43 bits per heavy atom. The molecule has 148 valence electrons. The third kappa shape index (κ3) is 3.78. The average molecular weight is 395 g/mol. The monoisotopic (exact) mass is 395 g/mol. The number of rotatable bonds is 3. The standard InChI is InChI=1S/C25H21N3O2/c1-16-8-7-13-23(17(16)2)27-24(29)25(30)28-26-15-22-20-11-5-3-9-18(20)14-19-10-4-6-12-21(19)22/h3-15H,1-2H3,(H,27,29)(H,28,30)/b26-15+. The number of amides is 2. The molecule has 2 N–H and O–H groups in total. The molecule has 0 unspecified atom stereocenters. The SMILES string of the molecule is Cc1cccc(NC(=O)C(=O)N/N=C/c2c3ccccc3cc3ccccc23)c1C. The van der Waals surface area contributed by atoms with Gasteiger partial charge in [0.1, 0.15) is 0 Å². The highest BCUT2D eigenvalue weighted by atomic mass is 16.2.